The van der Waals surface area contributed by atoms with Crippen molar-refractivity contribution in [3.05, 3.63) is 0 Å². The van der Waals surface area contributed by atoms with E-state index in [9.17, 15) is 4.79 Å². The molecule has 0 bridgehead atoms. The summed E-state index contributed by atoms with van der Waals surface area (Å²) in [6.45, 7) is 7.65. The summed E-state index contributed by atoms with van der Waals surface area (Å²) in [6.07, 6.45) is 0. The first-order chi connectivity index (χ1) is 5.92. The molecule has 0 aromatic heterocycles. The molecule has 0 aromatic rings. The third-order valence-corrected chi connectivity index (χ3v) is 1.96. The number of hydrogen-bond acceptors (Lipinski definition) is 4. The standard InChI is InChI=1S/C9H18N2O2.ClH/c1-9(2,3)13-8(12)7-4-11(5-7)6-10;/h7H,4-6,10H2,1-3H3;1H. The molecular weight excluding hydrogens is 204 g/mol. The number of carbonyl (C=O) groups excluding carboxylic acids is 1. The van der Waals surface area contributed by atoms with Crippen LogP contribution in [0.4, 0.5) is 0 Å². The molecule has 84 valence electrons. The van der Waals surface area contributed by atoms with E-state index < -0.39 is 0 Å². The summed E-state index contributed by atoms with van der Waals surface area (Å²) in [5.74, 6) is -0.0695. The largest absolute Gasteiger partial charge is 0.460 e. The molecule has 0 unspecified atom stereocenters. The van der Waals surface area contributed by atoms with Crippen molar-refractivity contribution in [3.8, 4) is 0 Å². The van der Waals surface area contributed by atoms with Crippen molar-refractivity contribution in [3.63, 3.8) is 0 Å². The zero-order valence-electron chi connectivity index (χ0n) is 8.95. The second-order valence-corrected chi connectivity index (χ2v) is 4.45. The van der Waals surface area contributed by atoms with Crippen molar-refractivity contribution in [1.82, 2.24) is 4.90 Å². The molecule has 14 heavy (non-hydrogen) atoms. The fourth-order valence-corrected chi connectivity index (χ4v) is 1.25. The lowest BCUT2D eigenvalue weighted by Crippen LogP contribution is -2.53. The van der Waals surface area contributed by atoms with Gasteiger partial charge in [0.15, 0.2) is 0 Å². The van der Waals surface area contributed by atoms with Crippen LogP contribution in [-0.4, -0.2) is 36.2 Å². The number of carbonyl (C=O) groups is 1. The monoisotopic (exact) mass is 222 g/mol. The van der Waals surface area contributed by atoms with Gasteiger partial charge < -0.3 is 10.5 Å². The van der Waals surface area contributed by atoms with Gasteiger partial charge >= 0.3 is 5.97 Å². The number of likely N-dealkylation sites (tertiary alicyclic amines) is 1. The minimum atomic E-state index is -0.375. The van der Waals surface area contributed by atoms with Gasteiger partial charge in [0, 0.05) is 19.8 Å². The summed E-state index contributed by atoms with van der Waals surface area (Å²) in [5.41, 5.74) is 5.02. The number of ether oxygens (including phenoxy) is 1. The molecule has 1 fully saturated rings. The highest BCUT2D eigenvalue weighted by atomic mass is 35.5. The number of nitrogens with zero attached hydrogens (tertiary/aromatic N) is 1. The molecule has 0 radical (unpaired) electrons. The van der Waals surface area contributed by atoms with Crippen molar-refractivity contribution in [2.75, 3.05) is 19.8 Å². The highest BCUT2D eigenvalue weighted by Gasteiger charge is 2.34. The summed E-state index contributed by atoms with van der Waals surface area (Å²) in [6, 6.07) is 0. The number of rotatable bonds is 2. The fourth-order valence-electron chi connectivity index (χ4n) is 1.25. The Morgan fingerprint density at radius 3 is 2.36 bits per heavy atom. The number of esters is 1. The molecule has 4 nitrogen and oxygen atoms in total. The minimum Gasteiger partial charge on any atom is -0.460 e. The Balaban J connectivity index is 0.00000169. The molecule has 0 atom stereocenters. The Morgan fingerprint density at radius 2 is 2.00 bits per heavy atom. The van der Waals surface area contributed by atoms with Gasteiger partial charge in [0.25, 0.3) is 0 Å². The van der Waals surface area contributed by atoms with Gasteiger partial charge in [-0.3, -0.25) is 9.69 Å². The van der Waals surface area contributed by atoms with Crippen LogP contribution < -0.4 is 5.73 Å². The number of hydrogen-bond donors (Lipinski definition) is 1. The lowest BCUT2D eigenvalue weighted by atomic mass is 10.0. The topological polar surface area (TPSA) is 55.6 Å². The molecule has 1 heterocycles. The quantitative estimate of drug-likeness (QED) is 0.696. The maximum absolute atomic E-state index is 11.4. The van der Waals surface area contributed by atoms with Gasteiger partial charge in [0.2, 0.25) is 0 Å². The maximum atomic E-state index is 11.4. The Bertz CT molecular complexity index is 197. The molecule has 0 amide bonds. The van der Waals surface area contributed by atoms with Gasteiger partial charge in [0.1, 0.15) is 5.60 Å². The van der Waals surface area contributed by atoms with E-state index in [4.69, 9.17) is 10.5 Å². The van der Waals surface area contributed by atoms with E-state index >= 15 is 0 Å². The first-order valence-corrected chi connectivity index (χ1v) is 4.57. The second-order valence-electron chi connectivity index (χ2n) is 4.45. The lowest BCUT2D eigenvalue weighted by Gasteiger charge is -2.37. The van der Waals surface area contributed by atoms with Crippen LogP contribution >= 0.6 is 12.4 Å². The predicted octanol–water partition coefficient (Wildman–Crippen LogP) is 0.598. The van der Waals surface area contributed by atoms with Crippen LogP contribution in [0.25, 0.3) is 0 Å². The Labute approximate surface area is 91.2 Å². The third-order valence-electron chi connectivity index (χ3n) is 1.96. The molecule has 0 aromatic carbocycles. The van der Waals surface area contributed by atoms with Gasteiger partial charge in [-0.25, -0.2) is 0 Å². The van der Waals surface area contributed by atoms with Crippen molar-refractivity contribution >= 4 is 18.4 Å². The van der Waals surface area contributed by atoms with Crippen molar-refractivity contribution in [1.29, 1.82) is 0 Å². The Kier molecular flexibility index (Phi) is 4.84. The van der Waals surface area contributed by atoms with E-state index in [1.165, 1.54) is 0 Å². The molecule has 5 heteroatoms. The normalized spacial score (nSPS) is 18.3. The van der Waals surface area contributed by atoms with E-state index in [0.717, 1.165) is 13.1 Å². The van der Waals surface area contributed by atoms with E-state index in [0.29, 0.717) is 6.67 Å². The number of halogens is 1. The van der Waals surface area contributed by atoms with Crippen LogP contribution in [0.15, 0.2) is 0 Å². The van der Waals surface area contributed by atoms with Crippen LogP contribution in [0.2, 0.25) is 0 Å². The average molecular weight is 223 g/mol. The zero-order valence-corrected chi connectivity index (χ0v) is 9.76. The van der Waals surface area contributed by atoms with Gasteiger partial charge in [-0.15, -0.1) is 12.4 Å². The van der Waals surface area contributed by atoms with E-state index in [-0.39, 0.29) is 29.9 Å². The van der Waals surface area contributed by atoms with Crippen molar-refractivity contribution in [2.24, 2.45) is 11.7 Å². The highest BCUT2D eigenvalue weighted by molar-refractivity contribution is 5.85. The van der Waals surface area contributed by atoms with E-state index in [2.05, 4.69) is 0 Å². The van der Waals surface area contributed by atoms with E-state index in [1.54, 1.807) is 0 Å². The second kappa shape index (κ2) is 4.96. The third kappa shape index (κ3) is 3.82. The summed E-state index contributed by atoms with van der Waals surface area (Å²) < 4.78 is 5.23. The van der Waals surface area contributed by atoms with Gasteiger partial charge in [-0.2, -0.15) is 0 Å². The summed E-state index contributed by atoms with van der Waals surface area (Å²) in [4.78, 5) is 13.4. The number of nitrogens with two attached hydrogens (primary N) is 1. The van der Waals surface area contributed by atoms with Gasteiger partial charge in [0.05, 0.1) is 5.92 Å². The summed E-state index contributed by atoms with van der Waals surface area (Å²) >= 11 is 0. The molecule has 1 aliphatic rings. The minimum absolute atomic E-state index is 0. The maximum Gasteiger partial charge on any atom is 0.312 e. The molecule has 1 saturated heterocycles. The molecule has 1 aliphatic heterocycles. The first kappa shape index (κ1) is 13.7. The molecule has 0 aliphatic carbocycles. The van der Waals surface area contributed by atoms with Crippen LogP contribution in [0.3, 0.4) is 0 Å². The molecule has 1 rings (SSSR count). The fraction of sp³-hybridized carbons (Fsp3) is 0.889. The molecule has 2 N–H and O–H groups in total. The van der Waals surface area contributed by atoms with Crippen molar-refractivity contribution in [2.45, 2.75) is 26.4 Å². The van der Waals surface area contributed by atoms with E-state index in [1.807, 2.05) is 25.7 Å². The Morgan fingerprint density at radius 1 is 1.50 bits per heavy atom. The zero-order chi connectivity index (χ0) is 10.1. The first-order valence-electron chi connectivity index (χ1n) is 4.57. The predicted molar refractivity (Wildman–Crippen MR) is 57.2 cm³/mol. The highest BCUT2D eigenvalue weighted by Crippen LogP contribution is 2.18. The smallest absolute Gasteiger partial charge is 0.312 e. The van der Waals surface area contributed by atoms with Crippen LogP contribution in [0.1, 0.15) is 20.8 Å². The lowest BCUT2D eigenvalue weighted by molar-refractivity contribution is -0.165. The van der Waals surface area contributed by atoms with Crippen LogP contribution in [0.5, 0.6) is 0 Å². The summed E-state index contributed by atoms with van der Waals surface area (Å²) in [5, 5.41) is 0. The van der Waals surface area contributed by atoms with Gasteiger partial charge in [-0.1, -0.05) is 0 Å². The van der Waals surface area contributed by atoms with Gasteiger partial charge in [-0.05, 0) is 20.8 Å². The molecular formula is C9H19ClN2O2. The molecule has 0 saturated carbocycles. The van der Waals surface area contributed by atoms with Crippen LogP contribution in [-0.2, 0) is 9.53 Å². The average Bonchev–Trinajstić information content (AvgIpc) is 1.79. The van der Waals surface area contributed by atoms with Crippen LogP contribution in [0, 0.1) is 5.92 Å². The SMILES string of the molecule is CC(C)(C)OC(=O)C1CN(CN)C1.Cl. The Hall–Kier alpha value is -0.320. The van der Waals surface area contributed by atoms with Crippen molar-refractivity contribution < 1.29 is 9.53 Å². The summed E-state index contributed by atoms with van der Waals surface area (Å²) in [7, 11) is 0. The molecule has 0 spiro atoms.